The molecule has 1 amide bonds. The Bertz CT molecular complexity index is 1670. The van der Waals surface area contributed by atoms with Crippen molar-refractivity contribution in [3.63, 3.8) is 0 Å². The molecule has 3 aromatic rings. The molecule has 242 valence electrons. The first-order valence-corrected chi connectivity index (χ1v) is 18.0. The third-order valence-electron chi connectivity index (χ3n) is 10.5. The van der Waals surface area contributed by atoms with Gasteiger partial charge in [-0.05, 0) is 89.8 Å². The van der Waals surface area contributed by atoms with Gasteiger partial charge in [0.15, 0.2) is 11.5 Å². The fourth-order valence-electron chi connectivity index (χ4n) is 8.78. The molecule has 2 bridgehead atoms. The number of esters is 1. The molecule has 1 aromatic heterocycles. The number of ether oxygens (including phenoxy) is 2. The number of aliphatic hydroxyl groups is 1. The number of hydrogen-bond donors (Lipinski definition) is 1. The van der Waals surface area contributed by atoms with Crippen molar-refractivity contribution >= 4 is 45.2 Å². The van der Waals surface area contributed by atoms with E-state index in [0.717, 1.165) is 40.0 Å². The zero-order valence-corrected chi connectivity index (χ0v) is 29.0. The smallest absolute Gasteiger partial charge is 0.308 e. The van der Waals surface area contributed by atoms with Crippen LogP contribution in [0.15, 0.2) is 64.5 Å². The van der Waals surface area contributed by atoms with E-state index < -0.39 is 23.1 Å². The maximum absolute atomic E-state index is 14.1. The molecule has 2 aliphatic heterocycles. The molecule has 7 rings (SSSR count). The Balaban J connectivity index is 1.28. The summed E-state index contributed by atoms with van der Waals surface area (Å²) < 4.78 is 13.6. The van der Waals surface area contributed by atoms with Gasteiger partial charge in [0.05, 0.1) is 17.1 Å². The second kappa shape index (κ2) is 12.2. The van der Waals surface area contributed by atoms with Gasteiger partial charge in [-0.1, -0.05) is 50.2 Å². The van der Waals surface area contributed by atoms with Crippen LogP contribution < -0.4 is 9.47 Å². The maximum atomic E-state index is 14.1. The Labute approximate surface area is 283 Å². The van der Waals surface area contributed by atoms with E-state index in [4.69, 9.17) is 9.47 Å². The number of amides is 1. The summed E-state index contributed by atoms with van der Waals surface area (Å²) in [4.78, 5) is 31.7. The van der Waals surface area contributed by atoms with Crippen LogP contribution in [-0.2, 0) is 27.8 Å². The van der Waals surface area contributed by atoms with Crippen LogP contribution >= 0.6 is 27.3 Å². The SMILES string of the molecule is CC(=O)Oc1ccc2c3c1O[C@H]1[C@@H](N(CC(C)C)C(=O)/C=C/c4cc(Br)cs4)CC[C@@]4(O)[C@@H](C2)N(CCc2ccccc2)CC[C@]314. The third kappa shape index (κ3) is 5.24. The molecule has 2 fully saturated rings. The number of likely N-dealkylation sites (tertiary alicyclic amines) is 1. The average Bonchev–Trinajstić information content (AvgIpc) is 3.60. The Kier molecular flexibility index (Phi) is 8.41. The summed E-state index contributed by atoms with van der Waals surface area (Å²) in [7, 11) is 0. The minimum atomic E-state index is -1.05. The largest absolute Gasteiger partial charge is 0.483 e. The summed E-state index contributed by atoms with van der Waals surface area (Å²) >= 11 is 5.09. The highest BCUT2D eigenvalue weighted by Gasteiger charge is 2.73. The molecule has 1 spiro atoms. The molecule has 1 saturated carbocycles. The van der Waals surface area contributed by atoms with Crippen LogP contribution in [0.25, 0.3) is 6.08 Å². The molecule has 4 aliphatic rings. The van der Waals surface area contributed by atoms with E-state index >= 15 is 0 Å². The molecule has 1 N–H and O–H groups in total. The van der Waals surface area contributed by atoms with Gasteiger partial charge in [-0.25, -0.2) is 0 Å². The first kappa shape index (κ1) is 31.6. The molecule has 7 nitrogen and oxygen atoms in total. The molecule has 2 aliphatic carbocycles. The van der Waals surface area contributed by atoms with Gasteiger partial charge in [-0.3, -0.25) is 14.5 Å². The lowest BCUT2D eigenvalue weighted by Crippen LogP contribution is -2.78. The predicted octanol–water partition coefficient (Wildman–Crippen LogP) is 6.40. The van der Waals surface area contributed by atoms with E-state index in [1.165, 1.54) is 12.5 Å². The van der Waals surface area contributed by atoms with Crippen LogP contribution in [0.1, 0.15) is 61.6 Å². The summed E-state index contributed by atoms with van der Waals surface area (Å²) in [6, 6.07) is 16.1. The van der Waals surface area contributed by atoms with Gasteiger partial charge in [0, 0.05) is 52.4 Å². The van der Waals surface area contributed by atoms with Crippen LogP contribution in [0.4, 0.5) is 0 Å². The van der Waals surface area contributed by atoms with Gasteiger partial charge in [-0.2, -0.15) is 0 Å². The average molecular weight is 706 g/mol. The normalized spacial score (nSPS) is 27.8. The number of benzene rings is 2. The van der Waals surface area contributed by atoms with E-state index in [9.17, 15) is 14.7 Å². The molecule has 3 heterocycles. The number of rotatable bonds is 9. The summed E-state index contributed by atoms with van der Waals surface area (Å²) in [6.45, 7) is 7.89. The molecule has 46 heavy (non-hydrogen) atoms. The summed E-state index contributed by atoms with van der Waals surface area (Å²) in [5, 5.41) is 15.1. The van der Waals surface area contributed by atoms with E-state index in [1.807, 2.05) is 34.6 Å². The van der Waals surface area contributed by atoms with Crippen molar-refractivity contribution < 1.29 is 24.2 Å². The lowest BCUT2D eigenvalue weighted by molar-refractivity contribution is -0.201. The number of halogens is 1. The van der Waals surface area contributed by atoms with Crippen LogP contribution in [0.3, 0.4) is 0 Å². The van der Waals surface area contributed by atoms with Crippen LogP contribution in [-0.4, -0.2) is 70.2 Å². The zero-order chi connectivity index (χ0) is 32.2. The molecule has 9 heteroatoms. The number of piperidine rings is 1. The highest BCUT2D eigenvalue weighted by atomic mass is 79.9. The second-order valence-corrected chi connectivity index (χ2v) is 15.5. The van der Waals surface area contributed by atoms with Crippen molar-refractivity contribution in [2.24, 2.45) is 5.92 Å². The number of carbonyl (C=O) groups excluding carboxylic acids is 2. The first-order valence-electron chi connectivity index (χ1n) is 16.3. The van der Waals surface area contributed by atoms with Crippen molar-refractivity contribution in [3.8, 4) is 11.5 Å². The Hall–Kier alpha value is -2.98. The molecular formula is C37H41BrN2O5S. The summed E-state index contributed by atoms with van der Waals surface area (Å²) in [5.41, 5.74) is 1.63. The van der Waals surface area contributed by atoms with Crippen molar-refractivity contribution in [2.45, 2.75) is 82.1 Å². The standard InChI is InChI=1S/C37H41BrN2O5S/c1-23(2)21-40(32(42)12-10-28-20-27(38)22-46-28)29-13-15-37(43)31-19-26-9-11-30(44-24(3)41)34-33(26)36(37,35(29)45-34)16-18-39(31)17-14-25-7-5-4-6-8-25/h4-12,20,22-23,29,31,35,43H,13-19,21H2,1-3H3/b12-10+/t29-,31+,35-,36-,37+/m0/s1. The lowest BCUT2D eigenvalue weighted by atomic mass is 9.48. The lowest BCUT2D eigenvalue weighted by Gasteiger charge is -2.65. The molecule has 2 aromatic carbocycles. The topological polar surface area (TPSA) is 79.3 Å². The highest BCUT2D eigenvalue weighted by Crippen LogP contribution is 2.66. The number of nitrogens with zero attached hydrogens (tertiary/aromatic N) is 2. The molecule has 0 radical (unpaired) electrons. The number of carbonyl (C=O) groups is 2. The predicted molar refractivity (Wildman–Crippen MR) is 183 cm³/mol. The molecule has 0 unspecified atom stereocenters. The summed E-state index contributed by atoms with van der Waals surface area (Å²) in [6.07, 6.45) is 6.57. The Morgan fingerprint density at radius 3 is 2.74 bits per heavy atom. The van der Waals surface area contributed by atoms with Gasteiger partial charge in [-0.15, -0.1) is 11.3 Å². The Morgan fingerprint density at radius 1 is 1.22 bits per heavy atom. The third-order valence-corrected chi connectivity index (χ3v) is 12.2. The van der Waals surface area contributed by atoms with Crippen LogP contribution in [0.5, 0.6) is 11.5 Å². The van der Waals surface area contributed by atoms with E-state index in [2.05, 4.69) is 65.0 Å². The minimum absolute atomic E-state index is 0.0577. The van der Waals surface area contributed by atoms with Crippen LogP contribution in [0.2, 0.25) is 0 Å². The van der Waals surface area contributed by atoms with Gasteiger partial charge in [0.25, 0.3) is 0 Å². The Morgan fingerprint density at radius 2 is 2.02 bits per heavy atom. The van der Waals surface area contributed by atoms with Crippen molar-refractivity contribution in [1.29, 1.82) is 0 Å². The van der Waals surface area contributed by atoms with Gasteiger partial charge >= 0.3 is 5.97 Å². The molecule has 1 saturated heterocycles. The minimum Gasteiger partial charge on any atom is -0.483 e. The van der Waals surface area contributed by atoms with Crippen molar-refractivity contribution in [1.82, 2.24) is 9.80 Å². The molecular weight excluding hydrogens is 664 g/mol. The monoisotopic (exact) mass is 704 g/mol. The highest BCUT2D eigenvalue weighted by molar-refractivity contribution is 9.10. The van der Waals surface area contributed by atoms with Crippen molar-refractivity contribution in [2.75, 3.05) is 19.6 Å². The molecule has 5 atom stereocenters. The zero-order valence-electron chi connectivity index (χ0n) is 26.6. The van der Waals surface area contributed by atoms with E-state index in [-0.39, 0.29) is 23.9 Å². The van der Waals surface area contributed by atoms with E-state index in [1.54, 1.807) is 17.4 Å². The number of hydrogen-bond acceptors (Lipinski definition) is 7. The van der Waals surface area contributed by atoms with Gasteiger partial charge < -0.3 is 19.5 Å². The maximum Gasteiger partial charge on any atom is 0.308 e. The summed E-state index contributed by atoms with van der Waals surface area (Å²) in [5.74, 6) is 0.727. The fraction of sp³-hybridized carbons (Fsp3) is 0.459. The first-order chi connectivity index (χ1) is 22.1. The van der Waals surface area contributed by atoms with Crippen molar-refractivity contribution in [3.05, 3.63) is 86.0 Å². The van der Waals surface area contributed by atoms with E-state index in [0.29, 0.717) is 43.7 Å². The second-order valence-electron chi connectivity index (χ2n) is 13.7. The van der Waals surface area contributed by atoms with Crippen LogP contribution in [0, 0.1) is 5.92 Å². The number of thiophene rings is 1. The van der Waals surface area contributed by atoms with Gasteiger partial charge in [0.1, 0.15) is 6.10 Å². The van der Waals surface area contributed by atoms with Gasteiger partial charge in [0.2, 0.25) is 5.91 Å². The fourth-order valence-corrected chi connectivity index (χ4v) is 10.1. The quantitative estimate of drug-likeness (QED) is 0.158.